The van der Waals surface area contributed by atoms with Gasteiger partial charge in [-0.1, -0.05) is 13.3 Å². The largest absolute Gasteiger partial charge is 0.337 e. The van der Waals surface area contributed by atoms with Crippen LogP contribution in [0.5, 0.6) is 0 Å². The highest BCUT2D eigenvalue weighted by Gasteiger charge is 2.25. The molecule has 1 saturated heterocycles. The smallest absolute Gasteiger partial charge is 0.224 e. The number of piperazine rings is 1. The van der Waals surface area contributed by atoms with Crippen molar-refractivity contribution in [1.29, 1.82) is 0 Å². The molecule has 0 aromatic rings. The van der Waals surface area contributed by atoms with Crippen LogP contribution in [0.25, 0.3) is 0 Å². The number of carbonyl (C=O) groups excluding carboxylic acids is 1. The molecule has 0 spiro atoms. The fourth-order valence-electron chi connectivity index (χ4n) is 2.07. The number of carbonyl (C=O) groups is 1. The van der Waals surface area contributed by atoms with Crippen LogP contribution in [-0.4, -0.2) is 42.5 Å². The van der Waals surface area contributed by atoms with Crippen molar-refractivity contribution in [2.75, 3.05) is 19.6 Å². The summed E-state index contributed by atoms with van der Waals surface area (Å²) in [6.45, 7) is 6.71. The fraction of sp³-hybridized carbons (Fsp3) is 0.909. The van der Waals surface area contributed by atoms with Crippen LogP contribution in [0.2, 0.25) is 0 Å². The van der Waals surface area contributed by atoms with Gasteiger partial charge >= 0.3 is 0 Å². The van der Waals surface area contributed by atoms with Crippen LogP contribution >= 0.6 is 0 Å². The van der Waals surface area contributed by atoms with E-state index in [0.29, 0.717) is 12.5 Å². The predicted molar refractivity (Wildman–Crippen MR) is 61.5 cm³/mol. The number of nitrogens with two attached hydrogens (primary N) is 1. The quantitative estimate of drug-likeness (QED) is 0.707. The van der Waals surface area contributed by atoms with Gasteiger partial charge in [-0.2, -0.15) is 0 Å². The molecule has 0 aromatic heterocycles. The Balaban J connectivity index is 2.51. The molecular weight excluding hydrogens is 190 g/mol. The van der Waals surface area contributed by atoms with E-state index < -0.39 is 0 Å². The molecule has 0 saturated carbocycles. The second kappa shape index (κ2) is 6.08. The molecule has 0 bridgehead atoms. The molecule has 0 radical (unpaired) electrons. The monoisotopic (exact) mass is 213 g/mol. The highest BCUT2D eigenvalue weighted by molar-refractivity contribution is 5.77. The maximum absolute atomic E-state index is 11.9. The number of nitrogens with one attached hydrogen (secondary N) is 1. The summed E-state index contributed by atoms with van der Waals surface area (Å²) in [7, 11) is 0. The second-order valence-corrected chi connectivity index (χ2v) is 4.42. The third-order valence-electron chi connectivity index (χ3n) is 2.79. The van der Waals surface area contributed by atoms with E-state index in [-0.39, 0.29) is 11.9 Å². The lowest BCUT2D eigenvalue weighted by Gasteiger charge is -2.36. The summed E-state index contributed by atoms with van der Waals surface area (Å²) >= 11 is 0. The molecule has 4 heteroatoms. The topological polar surface area (TPSA) is 58.4 Å². The minimum absolute atomic E-state index is 0.0327. The molecule has 88 valence electrons. The number of nitrogens with zero attached hydrogens (tertiary/aromatic N) is 1. The summed E-state index contributed by atoms with van der Waals surface area (Å²) in [5.74, 6) is 0.213. The maximum atomic E-state index is 11.9. The van der Waals surface area contributed by atoms with Gasteiger partial charge in [0.2, 0.25) is 5.91 Å². The van der Waals surface area contributed by atoms with E-state index in [2.05, 4.69) is 12.2 Å². The van der Waals surface area contributed by atoms with Gasteiger partial charge in [-0.25, -0.2) is 0 Å². The zero-order chi connectivity index (χ0) is 11.3. The second-order valence-electron chi connectivity index (χ2n) is 4.42. The first kappa shape index (κ1) is 12.5. The Morgan fingerprint density at radius 3 is 3.00 bits per heavy atom. The minimum atomic E-state index is -0.0327. The zero-order valence-electron chi connectivity index (χ0n) is 9.83. The van der Waals surface area contributed by atoms with E-state index in [9.17, 15) is 4.79 Å². The van der Waals surface area contributed by atoms with Crippen LogP contribution in [0.1, 0.15) is 33.1 Å². The van der Waals surface area contributed by atoms with Gasteiger partial charge in [0, 0.05) is 38.1 Å². The third-order valence-corrected chi connectivity index (χ3v) is 2.79. The van der Waals surface area contributed by atoms with Crippen molar-refractivity contribution in [2.24, 2.45) is 5.73 Å². The summed E-state index contributed by atoms with van der Waals surface area (Å²) < 4.78 is 0. The van der Waals surface area contributed by atoms with E-state index in [0.717, 1.165) is 32.5 Å². The Bertz CT molecular complexity index is 204. The van der Waals surface area contributed by atoms with Crippen molar-refractivity contribution in [3.8, 4) is 0 Å². The summed E-state index contributed by atoms with van der Waals surface area (Å²) in [5.41, 5.74) is 5.66. The molecule has 4 nitrogen and oxygen atoms in total. The van der Waals surface area contributed by atoms with Gasteiger partial charge in [0.1, 0.15) is 0 Å². The average Bonchev–Trinajstić information content (AvgIpc) is 2.18. The molecule has 0 aliphatic carbocycles. The molecule has 1 amide bonds. The van der Waals surface area contributed by atoms with E-state index >= 15 is 0 Å². The molecule has 2 unspecified atom stereocenters. The molecule has 1 rings (SSSR count). The van der Waals surface area contributed by atoms with Gasteiger partial charge in [-0.3, -0.25) is 4.79 Å². The Hall–Kier alpha value is -0.610. The summed E-state index contributed by atoms with van der Waals surface area (Å²) in [4.78, 5) is 13.9. The van der Waals surface area contributed by atoms with Crippen molar-refractivity contribution < 1.29 is 4.79 Å². The normalized spacial score (nSPS) is 23.9. The van der Waals surface area contributed by atoms with E-state index in [4.69, 9.17) is 5.73 Å². The Kier molecular flexibility index (Phi) is 5.05. The van der Waals surface area contributed by atoms with Gasteiger partial charge in [0.05, 0.1) is 0 Å². The van der Waals surface area contributed by atoms with Crippen molar-refractivity contribution >= 4 is 5.91 Å². The first-order valence-corrected chi connectivity index (χ1v) is 5.91. The standard InChI is InChI=1S/C11H23N3O/c1-3-4-10-8-13-5-6-14(10)11(15)7-9(2)12/h9-10,13H,3-8,12H2,1-2H3. The van der Waals surface area contributed by atoms with Crippen LogP contribution in [0.15, 0.2) is 0 Å². The predicted octanol–water partition coefficient (Wildman–Crippen LogP) is 0.324. The van der Waals surface area contributed by atoms with Gasteiger partial charge in [0.25, 0.3) is 0 Å². The van der Waals surface area contributed by atoms with Crippen molar-refractivity contribution in [3.63, 3.8) is 0 Å². The zero-order valence-corrected chi connectivity index (χ0v) is 9.83. The van der Waals surface area contributed by atoms with Gasteiger partial charge in [-0.15, -0.1) is 0 Å². The maximum Gasteiger partial charge on any atom is 0.224 e. The third kappa shape index (κ3) is 3.80. The number of hydrogen-bond donors (Lipinski definition) is 2. The highest BCUT2D eigenvalue weighted by atomic mass is 16.2. The molecule has 15 heavy (non-hydrogen) atoms. The Morgan fingerprint density at radius 1 is 1.67 bits per heavy atom. The van der Waals surface area contributed by atoms with Crippen molar-refractivity contribution in [3.05, 3.63) is 0 Å². The molecule has 0 aromatic carbocycles. The SMILES string of the molecule is CCCC1CNCCN1C(=O)CC(C)N. The van der Waals surface area contributed by atoms with Gasteiger partial charge in [0.15, 0.2) is 0 Å². The van der Waals surface area contributed by atoms with Crippen LogP contribution in [0.4, 0.5) is 0 Å². The summed E-state index contributed by atoms with van der Waals surface area (Å²) in [6.07, 6.45) is 2.67. The summed E-state index contributed by atoms with van der Waals surface area (Å²) in [6, 6.07) is 0.338. The van der Waals surface area contributed by atoms with Crippen LogP contribution in [0, 0.1) is 0 Å². The fourth-order valence-corrected chi connectivity index (χ4v) is 2.07. The van der Waals surface area contributed by atoms with Crippen LogP contribution in [0.3, 0.4) is 0 Å². The molecule has 2 atom stereocenters. The lowest BCUT2D eigenvalue weighted by atomic mass is 10.1. The van der Waals surface area contributed by atoms with Crippen molar-refractivity contribution in [2.45, 2.75) is 45.2 Å². The Morgan fingerprint density at radius 2 is 2.40 bits per heavy atom. The molecule has 3 N–H and O–H groups in total. The number of amides is 1. The van der Waals surface area contributed by atoms with E-state index in [1.165, 1.54) is 0 Å². The molecule has 1 fully saturated rings. The van der Waals surface area contributed by atoms with Crippen LogP contribution < -0.4 is 11.1 Å². The first-order valence-electron chi connectivity index (χ1n) is 5.91. The van der Waals surface area contributed by atoms with E-state index in [1.54, 1.807) is 0 Å². The molecule has 1 aliphatic heterocycles. The lowest BCUT2D eigenvalue weighted by Crippen LogP contribution is -2.54. The first-order chi connectivity index (χ1) is 7.15. The summed E-state index contributed by atoms with van der Waals surface area (Å²) in [5, 5.41) is 3.33. The highest BCUT2D eigenvalue weighted by Crippen LogP contribution is 2.11. The van der Waals surface area contributed by atoms with Crippen molar-refractivity contribution in [1.82, 2.24) is 10.2 Å². The number of rotatable bonds is 4. The molecular formula is C11H23N3O. The van der Waals surface area contributed by atoms with Crippen LogP contribution in [-0.2, 0) is 4.79 Å². The molecule has 1 aliphatic rings. The average molecular weight is 213 g/mol. The van der Waals surface area contributed by atoms with Gasteiger partial charge < -0.3 is 16.0 Å². The molecule has 1 heterocycles. The lowest BCUT2D eigenvalue weighted by molar-refractivity contribution is -0.134. The van der Waals surface area contributed by atoms with Gasteiger partial charge in [-0.05, 0) is 13.3 Å². The van der Waals surface area contributed by atoms with E-state index in [1.807, 2.05) is 11.8 Å². The number of hydrogen-bond acceptors (Lipinski definition) is 3. The minimum Gasteiger partial charge on any atom is -0.337 e. The Labute approximate surface area is 92.2 Å².